The van der Waals surface area contributed by atoms with Crippen molar-refractivity contribution in [2.75, 3.05) is 0 Å². The topological polar surface area (TPSA) is 72.3 Å². The molecule has 0 aliphatic rings. The summed E-state index contributed by atoms with van der Waals surface area (Å²) in [4.78, 5) is 15.3. The zero-order chi connectivity index (χ0) is 45.3. The van der Waals surface area contributed by atoms with Gasteiger partial charge in [0, 0.05) is 43.9 Å². The molecule has 66 heavy (non-hydrogen) atoms. The Bertz CT molecular complexity index is 3610. The fourth-order valence-corrected chi connectivity index (χ4v) is 9.44. The largest absolute Gasteiger partial charge is 0.309 e. The molecule has 0 aliphatic carbocycles. The highest BCUT2D eigenvalue weighted by Crippen LogP contribution is 2.44. The average Bonchev–Trinajstić information content (AvgIpc) is 3.86. The van der Waals surface area contributed by atoms with Gasteiger partial charge in [-0.05, 0) is 87.7 Å². The Morgan fingerprint density at radius 1 is 0.409 bits per heavy atom. The number of para-hydroxylation sites is 2. The highest BCUT2D eigenvalue weighted by Gasteiger charge is 2.24. The summed E-state index contributed by atoms with van der Waals surface area (Å²) < 4.78 is 4.64. The molecule has 3 aromatic heterocycles. The third-order valence-corrected chi connectivity index (χ3v) is 13.0. The molecule has 3 heterocycles. The van der Waals surface area contributed by atoms with Gasteiger partial charge in [0.05, 0.1) is 33.3 Å². The van der Waals surface area contributed by atoms with Crippen molar-refractivity contribution in [2.24, 2.45) is 0 Å². The summed E-state index contributed by atoms with van der Waals surface area (Å²) in [6.45, 7) is 13.3. The van der Waals surface area contributed by atoms with Crippen LogP contribution in [0.3, 0.4) is 0 Å². The number of rotatable bonds is 6. The average molecular weight is 853 g/mol. The maximum absolute atomic E-state index is 11.2. The Morgan fingerprint density at radius 3 is 1.53 bits per heavy atom. The summed E-state index contributed by atoms with van der Waals surface area (Å²) in [5.74, 6) is 1.65. The highest BCUT2D eigenvalue weighted by molar-refractivity contribution is 6.26. The van der Waals surface area contributed by atoms with Crippen LogP contribution < -0.4 is 0 Å². The van der Waals surface area contributed by atoms with E-state index in [1.807, 2.05) is 18.2 Å². The summed E-state index contributed by atoms with van der Waals surface area (Å²) in [7, 11) is 0. The fraction of sp³-hybridized carbons (Fsp3) is 0.133. The van der Waals surface area contributed by atoms with E-state index >= 15 is 0 Å². The van der Waals surface area contributed by atoms with Crippen molar-refractivity contribution in [3.05, 3.63) is 199 Å². The summed E-state index contributed by atoms with van der Waals surface area (Å²) in [5.41, 5.74) is 13.9. The first kappa shape index (κ1) is 40.6. The van der Waals surface area contributed by atoms with E-state index in [2.05, 4.69) is 221 Å². The molecule has 0 aliphatic heterocycles. The Morgan fingerprint density at radius 2 is 0.924 bits per heavy atom. The normalized spacial score (nSPS) is 12.1. The van der Waals surface area contributed by atoms with Crippen LogP contribution in [0, 0.1) is 11.3 Å². The number of hydrogen-bond acceptors (Lipinski definition) is 4. The maximum atomic E-state index is 11.2. The zero-order valence-corrected chi connectivity index (χ0v) is 38.0. The summed E-state index contributed by atoms with van der Waals surface area (Å²) in [6, 6.07) is 66.5. The van der Waals surface area contributed by atoms with Crippen molar-refractivity contribution in [3.8, 4) is 62.7 Å². The lowest BCUT2D eigenvalue weighted by Crippen LogP contribution is -2.11. The number of benzene rings is 8. The molecule has 11 rings (SSSR count). The Kier molecular flexibility index (Phi) is 9.56. The van der Waals surface area contributed by atoms with Gasteiger partial charge in [0.25, 0.3) is 0 Å². The Hall–Kier alpha value is -8.14. The lowest BCUT2D eigenvalue weighted by atomic mass is 9.86. The van der Waals surface area contributed by atoms with E-state index in [0.717, 1.165) is 82.8 Å². The predicted molar refractivity (Wildman–Crippen MR) is 272 cm³/mol. The van der Waals surface area contributed by atoms with E-state index in [1.54, 1.807) is 0 Å². The minimum Gasteiger partial charge on any atom is -0.309 e. The van der Waals surface area contributed by atoms with Gasteiger partial charge in [0.1, 0.15) is 6.07 Å². The molecule has 6 heteroatoms. The fourth-order valence-electron chi connectivity index (χ4n) is 9.44. The Labute approximate surface area is 385 Å². The molecule has 0 saturated carbocycles. The van der Waals surface area contributed by atoms with Crippen molar-refractivity contribution >= 4 is 43.6 Å². The lowest BCUT2D eigenvalue weighted by molar-refractivity contribution is 0.590. The first-order valence-corrected chi connectivity index (χ1v) is 22.6. The van der Waals surface area contributed by atoms with Crippen molar-refractivity contribution < 1.29 is 0 Å². The summed E-state index contributed by atoms with van der Waals surface area (Å²) >= 11 is 0. The quantitative estimate of drug-likeness (QED) is 0.167. The standard InChI is InChI=1S/C60H48N6/c1-59(2,3)44-27-21-39(22-28-44)56-62-57(40-23-29-45(30-24-40)60(4,5)6)64-58(63-56)42-26-32-50(43(35-42)37-61)66-52-33-25-41(38-15-9-7-10-16-38)36-49(52)47-31-34-53-54(55(47)66)48-19-13-14-20-51(48)65(53)46-17-11-8-12-18-46/h7-36H,1-6H3. The van der Waals surface area contributed by atoms with Gasteiger partial charge in [0.2, 0.25) is 0 Å². The number of nitriles is 1. The number of aromatic nitrogens is 5. The third-order valence-electron chi connectivity index (χ3n) is 13.0. The summed E-state index contributed by atoms with van der Waals surface area (Å²) in [5, 5.41) is 15.7. The van der Waals surface area contributed by atoms with Crippen LogP contribution in [0.2, 0.25) is 0 Å². The maximum Gasteiger partial charge on any atom is 0.164 e. The summed E-state index contributed by atoms with van der Waals surface area (Å²) in [6.07, 6.45) is 0. The first-order chi connectivity index (χ1) is 31.9. The van der Waals surface area contributed by atoms with E-state index in [-0.39, 0.29) is 10.8 Å². The number of nitrogens with zero attached hydrogens (tertiary/aromatic N) is 6. The molecule has 0 radical (unpaired) electrons. The minimum atomic E-state index is 0.00346. The van der Waals surface area contributed by atoms with Gasteiger partial charge < -0.3 is 9.13 Å². The van der Waals surface area contributed by atoms with E-state index < -0.39 is 0 Å². The molecular weight excluding hydrogens is 805 g/mol. The van der Waals surface area contributed by atoms with E-state index in [0.29, 0.717) is 23.0 Å². The SMILES string of the molecule is CC(C)(C)c1ccc(-c2nc(-c3ccc(C(C)(C)C)cc3)nc(-c3ccc(-n4c5ccc(-c6ccccc6)cc5c5ccc6c(c7ccccc7n6-c6ccccc6)c54)c(C#N)c3)n2)cc1. The lowest BCUT2D eigenvalue weighted by Gasteiger charge is -2.19. The first-order valence-electron chi connectivity index (χ1n) is 22.6. The van der Waals surface area contributed by atoms with Crippen LogP contribution in [-0.4, -0.2) is 24.1 Å². The molecule has 8 aromatic carbocycles. The van der Waals surface area contributed by atoms with Gasteiger partial charge in [0.15, 0.2) is 17.5 Å². The van der Waals surface area contributed by atoms with E-state index in [1.165, 1.54) is 11.1 Å². The van der Waals surface area contributed by atoms with Crippen molar-refractivity contribution in [2.45, 2.75) is 52.4 Å². The molecule has 11 aromatic rings. The second-order valence-electron chi connectivity index (χ2n) is 19.3. The van der Waals surface area contributed by atoms with Crippen LogP contribution in [0.15, 0.2) is 182 Å². The molecule has 0 spiro atoms. The molecule has 6 nitrogen and oxygen atoms in total. The van der Waals surface area contributed by atoms with Crippen molar-refractivity contribution in [1.82, 2.24) is 24.1 Å². The van der Waals surface area contributed by atoms with Crippen LogP contribution in [0.1, 0.15) is 58.2 Å². The minimum absolute atomic E-state index is 0.00346. The second kappa shape index (κ2) is 15.5. The van der Waals surface area contributed by atoms with Gasteiger partial charge in [-0.2, -0.15) is 5.26 Å². The van der Waals surface area contributed by atoms with Crippen molar-refractivity contribution in [3.63, 3.8) is 0 Å². The molecule has 0 saturated heterocycles. The van der Waals surface area contributed by atoms with Crippen LogP contribution in [0.4, 0.5) is 0 Å². The van der Waals surface area contributed by atoms with E-state index in [4.69, 9.17) is 15.0 Å². The van der Waals surface area contributed by atoms with Gasteiger partial charge >= 0.3 is 0 Å². The molecular formula is C60H48N6. The monoisotopic (exact) mass is 852 g/mol. The van der Waals surface area contributed by atoms with Crippen LogP contribution in [0.25, 0.3) is 100 Å². The predicted octanol–water partition coefficient (Wildman–Crippen LogP) is 15.2. The smallest absolute Gasteiger partial charge is 0.164 e. The molecule has 318 valence electrons. The van der Waals surface area contributed by atoms with Crippen LogP contribution in [0.5, 0.6) is 0 Å². The third kappa shape index (κ3) is 6.92. The molecule has 0 amide bonds. The molecule has 0 unspecified atom stereocenters. The second-order valence-corrected chi connectivity index (χ2v) is 19.3. The number of fused-ring (bicyclic) bond motifs is 7. The molecule has 0 bridgehead atoms. The van der Waals surface area contributed by atoms with Crippen LogP contribution in [-0.2, 0) is 10.8 Å². The highest BCUT2D eigenvalue weighted by atomic mass is 15.0. The van der Waals surface area contributed by atoms with Gasteiger partial charge in [-0.1, -0.05) is 169 Å². The van der Waals surface area contributed by atoms with Gasteiger partial charge in [-0.25, -0.2) is 15.0 Å². The molecule has 0 N–H and O–H groups in total. The van der Waals surface area contributed by atoms with Crippen molar-refractivity contribution in [1.29, 1.82) is 5.26 Å². The van der Waals surface area contributed by atoms with E-state index in [9.17, 15) is 5.26 Å². The van der Waals surface area contributed by atoms with Crippen LogP contribution >= 0.6 is 0 Å². The Balaban J connectivity index is 1.15. The van der Waals surface area contributed by atoms with Gasteiger partial charge in [-0.3, -0.25) is 0 Å². The van der Waals surface area contributed by atoms with Gasteiger partial charge in [-0.15, -0.1) is 0 Å². The number of hydrogen-bond donors (Lipinski definition) is 0. The molecule has 0 atom stereocenters. The zero-order valence-electron chi connectivity index (χ0n) is 38.0. The molecule has 0 fully saturated rings.